The van der Waals surface area contributed by atoms with Gasteiger partial charge in [-0.1, -0.05) is 68.6 Å². The van der Waals surface area contributed by atoms with E-state index in [0.717, 1.165) is 29.2 Å². The van der Waals surface area contributed by atoms with Crippen molar-refractivity contribution in [3.8, 4) is 0 Å². The molecule has 1 unspecified atom stereocenters. The Morgan fingerprint density at radius 2 is 1.76 bits per heavy atom. The van der Waals surface area contributed by atoms with Gasteiger partial charge in [0.15, 0.2) is 5.79 Å². The minimum atomic E-state index is -1.27. The fourth-order valence-electron chi connectivity index (χ4n) is 4.08. The molecule has 1 saturated heterocycles. The van der Waals surface area contributed by atoms with E-state index < -0.39 is 13.9 Å². The van der Waals surface area contributed by atoms with Crippen LogP contribution in [0.4, 0.5) is 0 Å². The molecule has 1 heterocycles. The van der Waals surface area contributed by atoms with Crippen molar-refractivity contribution in [1.82, 2.24) is 0 Å². The maximum atomic E-state index is 12.9. The van der Waals surface area contributed by atoms with Crippen LogP contribution < -0.4 is 0 Å². The van der Waals surface area contributed by atoms with Gasteiger partial charge in [-0.3, -0.25) is 0 Å². The Morgan fingerprint density at radius 3 is 2.35 bits per heavy atom. The monoisotopic (exact) mass is 488 g/mol. The van der Waals surface area contributed by atoms with Crippen LogP contribution in [-0.2, 0) is 14.2 Å². The van der Waals surface area contributed by atoms with Crippen molar-refractivity contribution in [2.75, 3.05) is 13.2 Å². The molecule has 5 nitrogen and oxygen atoms in total. The van der Waals surface area contributed by atoms with E-state index in [9.17, 15) is 9.90 Å². The number of aryl methyl sites for hydroxylation is 2. The number of benzene rings is 1. The van der Waals surface area contributed by atoms with Crippen molar-refractivity contribution in [3.05, 3.63) is 52.6 Å². The molecular formula is C28H44O5Si. The molecule has 1 aliphatic heterocycles. The molecule has 0 radical (unpaired) electrons. The first-order valence-electron chi connectivity index (χ1n) is 12.4. The molecule has 6 heteroatoms. The number of aliphatic hydroxyl groups is 1. The van der Waals surface area contributed by atoms with Crippen molar-refractivity contribution in [3.63, 3.8) is 0 Å². The number of hydrogen-bond acceptors (Lipinski definition) is 5. The summed E-state index contributed by atoms with van der Waals surface area (Å²) in [5.41, 5.74) is 3.55. The van der Waals surface area contributed by atoms with Crippen LogP contribution in [0.5, 0.6) is 0 Å². The first-order chi connectivity index (χ1) is 15.8. The Bertz CT molecular complexity index is 882. The number of hydrogen-bond donors (Lipinski definition) is 1. The van der Waals surface area contributed by atoms with Gasteiger partial charge in [0.1, 0.15) is 0 Å². The van der Waals surface area contributed by atoms with Crippen molar-refractivity contribution in [1.29, 1.82) is 0 Å². The molecule has 190 valence electrons. The molecule has 1 N–H and O–H groups in total. The van der Waals surface area contributed by atoms with Gasteiger partial charge >= 0.3 is 5.97 Å². The number of ether oxygens (including phenoxy) is 3. The van der Waals surface area contributed by atoms with Gasteiger partial charge in [0.2, 0.25) is 0 Å². The Morgan fingerprint density at radius 1 is 1.15 bits per heavy atom. The molecule has 1 fully saturated rings. The zero-order valence-corrected chi connectivity index (χ0v) is 23.3. The summed E-state index contributed by atoms with van der Waals surface area (Å²) >= 11 is 0. The summed E-state index contributed by atoms with van der Waals surface area (Å²) in [6.07, 6.45) is 9.40. The van der Waals surface area contributed by atoms with Gasteiger partial charge in [0, 0.05) is 14.7 Å². The van der Waals surface area contributed by atoms with E-state index in [1.807, 2.05) is 58.9 Å². The van der Waals surface area contributed by atoms with Crippen molar-refractivity contribution in [2.24, 2.45) is 5.92 Å². The molecule has 0 aliphatic carbocycles. The molecule has 1 aromatic carbocycles. The first kappa shape index (κ1) is 28.5. The highest BCUT2D eigenvalue weighted by Crippen LogP contribution is 2.32. The van der Waals surface area contributed by atoms with E-state index >= 15 is 0 Å². The predicted octanol–water partition coefficient (Wildman–Crippen LogP) is 6.30. The minimum absolute atomic E-state index is 0.0629. The molecule has 1 aromatic rings. The Kier molecular flexibility index (Phi) is 10.3. The molecule has 1 aliphatic rings. The first-order valence-corrected chi connectivity index (χ1v) is 16.1. The summed E-state index contributed by atoms with van der Waals surface area (Å²) in [5.74, 6) is -0.759. The third-order valence-electron chi connectivity index (χ3n) is 5.87. The zero-order valence-electron chi connectivity index (χ0n) is 22.3. The smallest absolute Gasteiger partial charge is 0.338 e. The number of esters is 1. The summed E-state index contributed by atoms with van der Waals surface area (Å²) in [4.78, 5) is 12.9. The highest BCUT2D eigenvalue weighted by molar-refractivity contribution is 6.76. The average molecular weight is 489 g/mol. The van der Waals surface area contributed by atoms with E-state index in [1.54, 1.807) is 0 Å². The van der Waals surface area contributed by atoms with Gasteiger partial charge in [-0.15, -0.1) is 0 Å². The van der Waals surface area contributed by atoms with Crippen LogP contribution in [0.3, 0.4) is 0 Å². The maximum Gasteiger partial charge on any atom is 0.338 e. The molecule has 3 atom stereocenters. The van der Waals surface area contributed by atoms with Crippen LogP contribution in [0.25, 0.3) is 6.08 Å². The summed E-state index contributed by atoms with van der Waals surface area (Å²) in [6.45, 7) is 17.3. The Hall–Kier alpha value is -1.73. The molecular weight excluding hydrogens is 444 g/mol. The summed E-state index contributed by atoms with van der Waals surface area (Å²) in [7, 11) is -1.27. The van der Waals surface area contributed by atoms with Gasteiger partial charge in [0.05, 0.1) is 24.4 Å². The standard InChI is InChI=1S/C28H44O5Si/c1-20(19-29)11-9-13-24-25(33-28(4,5)32-24)14-10-12-23-18-21(2)17-22(3)26(23)27(30)31-15-16-34(6,7)8/h9-12,17-18,20,24-25,29H,13-16,19H2,1-8H3/b11-9-,12-10+/t20-,24+,25?/m0/s1. The van der Waals surface area contributed by atoms with Gasteiger partial charge in [-0.05, 0) is 63.6 Å². The van der Waals surface area contributed by atoms with E-state index in [4.69, 9.17) is 14.2 Å². The second-order valence-electron chi connectivity index (χ2n) is 11.2. The van der Waals surface area contributed by atoms with Gasteiger partial charge in [-0.25, -0.2) is 4.79 Å². The number of aliphatic hydroxyl groups excluding tert-OH is 1. The molecule has 0 aromatic heterocycles. The van der Waals surface area contributed by atoms with Gasteiger partial charge < -0.3 is 19.3 Å². The van der Waals surface area contributed by atoms with Gasteiger partial charge in [0.25, 0.3) is 0 Å². The lowest BCUT2D eigenvalue weighted by atomic mass is 9.97. The molecule has 34 heavy (non-hydrogen) atoms. The molecule has 0 bridgehead atoms. The Labute approximate surface area is 207 Å². The average Bonchev–Trinajstić information content (AvgIpc) is 2.99. The largest absolute Gasteiger partial charge is 0.462 e. The summed E-state index contributed by atoms with van der Waals surface area (Å²) < 4.78 is 17.9. The summed E-state index contributed by atoms with van der Waals surface area (Å²) in [5, 5.41) is 9.22. The van der Waals surface area contributed by atoms with E-state index in [0.29, 0.717) is 18.6 Å². The SMILES string of the molecule is Cc1cc(C)c(C(=O)OCC[Si](C)(C)C)c(/C=C/CC2OC(C)(C)O[C@@H]2C/C=C\[C@H](C)CO)c1. The predicted molar refractivity (Wildman–Crippen MR) is 142 cm³/mol. The van der Waals surface area contributed by atoms with E-state index in [1.165, 1.54) is 0 Å². The van der Waals surface area contributed by atoms with Gasteiger partial charge in [-0.2, -0.15) is 0 Å². The lowest BCUT2D eigenvalue weighted by Gasteiger charge is -2.17. The topological polar surface area (TPSA) is 65.0 Å². The number of carbonyl (C=O) groups excluding carboxylic acids is 1. The van der Waals surface area contributed by atoms with Crippen LogP contribution in [0, 0.1) is 19.8 Å². The minimum Gasteiger partial charge on any atom is -0.462 e. The third-order valence-corrected chi connectivity index (χ3v) is 7.58. The maximum absolute atomic E-state index is 12.9. The summed E-state index contributed by atoms with van der Waals surface area (Å²) in [6, 6.07) is 5.01. The second-order valence-corrected chi connectivity index (χ2v) is 16.8. The third kappa shape index (κ3) is 9.14. The fraction of sp³-hybridized carbons (Fsp3) is 0.607. The quantitative estimate of drug-likeness (QED) is 0.225. The van der Waals surface area contributed by atoms with Crippen molar-refractivity contribution < 1.29 is 24.1 Å². The van der Waals surface area contributed by atoms with Crippen LogP contribution in [0.2, 0.25) is 25.7 Å². The van der Waals surface area contributed by atoms with E-state index in [2.05, 4.69) is 31.8 Å². The van der Waals surface area contributed by atoms with Crippen LogP contribution in [-0.4, -0.2) is 50.4 Å². The van der Waals surface area contributed by atoms with E-state index in [-0.39, 0.29) is 30.7 Å². The normalized spacial score (nSPS) is 21.4. The molecule has 0 saturated carbocycles. The highest BCUT2D eigenvalue weighted by atomic mass is 28.3. The number of rotatable bonds is 11. The van der Waals surface area contributed by atoms with Crippen molar-refractivity contribution in [2.45, 2.75) is 91.1 Å². The Balaban J connectivity index is 2.12. The highest BCUT2D eigenvalue weighted by Gasteiger charge is 2.39. The van der Waals surface area contributed by atoms with Crippen LogP contribution in [0.15, 0.2) is 30.4 Å². The van der Waals surface area contributed by atoms with Crippen molar-refractivity contribution >= 4 is 20.1 Å². The molecule has 2 rings (SSSR count). The lowest BCUT2D eigenvalue weighted by Crippen LogP contribution is -2.23. The number of carbonyl (C=O) groups is 1. The van der Waals surface area contributed by atoms with Crippen LogP contribution in [0.1, 0.15) is 60.7 Å². The molecule has 0 spiro atoms. The fourth-order valence-corrected chi connectivity index (χ4v) is 4.79. The zero-order chi connectivity index (χ0) is 25.5. The lowest BCUT2D eigenvalue weighted by molar-refractivity contribution is -0.145. The second kappa shape index (κ2) is 12.3. The van der Waals surface area contributed by atoms with Crippen LogP contribution >= 0.6 is 0 Å². The molecule has 0 amide bonds.